The van der Waals surface area contributed by atoms with Crippen LogP contribution in [-0.2, 0) is 0 Å². The number of aliphatic hydroxyl groups is 1. The van der Waals surface area contributed by atoms with Crippen molar-refractivity contribution in [2.45, 2.75) is 6.10 Å². The van der Waals surface area contributed by atoms with Crippen LogP contribution in [-0.4, -0.2) is 36.6 Å². The van der Waals surface area contributed by atoms with E-state index in [9.17, 15) is 14.3 Å². The van der Waals surface area contributed by atoms with Crippen molar-refractivity contribution >= 4 is 5.91 Å². The summed E-state index contributed by atoms with van der Waals surface area (Å²) >= 11 is 0. The Kier molecular flexibility index (Phi) is 5.12. The smallest absolute Gasteiger partial charge is 0.253 e. The summed E-state index contributed by atoms with van der Waals surface area (Å²) in [6.07, 6.45) is -0.867. The van der Waals surface area contributed by atoms with Gasteiger partial charge in [0.25, 0.3) is 5.91 Å². The summed E-state index contributed by atoms with van der Waals surface area (Å²) in [5, 5.41) is 10.0. The largest absolute Gasteiger partial charge is 0.491 e. The number of benzene rings is 2. The Bertz CT molecular complexity index is 641. The number of halogens is 1. The summed E-state index contributed by atoms with van der Waals surface area (Å²) in [4.78, 5) is 13.4. The molecular weight excluding hydrogens is 285 g/mol. The van der Waals surface area contributed by atoms with E-state index >= 15 is 0 Å². The van der Waals surface area contributed by atoms with Gasteiger partial charge in [-0.15, -0.1) is 0 Å². The predicted octanol–water partition coefficient (Wildman–Crippen LogP) is 2.64. The Hall–Kier alpha value is -2.40. The number of aliphatic hydroxyl groups excluding tert-OH is 1. The molecule has 2 rings (SSSR count). The molecule has 0 aliphatic carbocycles. The van der Waals surface area contributed by atoms with Crippen molar-refractivity contribution < 1.29 is 19.0 Å². The van der Waals surface area contributed by atoms with Crippen molar-refractivity contribution in [3.05, 3.63) is 65.5 Å². The highest BCUT2D eigenvalue weighted by Crippen LogP contribution is 2.18. The third-order valence-corrected chi connectivity index (χ3v) is 3.15. The lowest BCUT2D eigenvalue weighted by Crippen LogP contribution is -2.21. The van der Waals surface area contributed by atoms with Gasteiger partial charge < -0.3 is 14.7 Å². The molecule has 0 aliphatic heterocycles. The van der Waals surface area contributed by atoms with Crippen LogP contribution in [0.15, 0.2) is 48.5 Å². The molecule has 4 nitrogen and oxygen atoms in total. The fraction of sp³-hybridized carbons (Fsp3) is 0.235. The van der Waals surface area contributed by atoms with E-state index in [0.717, 1.165) is 0 Å². The zero-order chi connectivity index (χ0) is 16.1. The van der Waals surface area contributed by atoms with Crippen LogP contribution in [0.5, 0.6) is 5.75 Å². The molecule has 0 spiro atoms. The SMILES string of the molecule is CN(C)C(=O)c1cccc(OCC(O)c2ccc(F)cc2)c1. The fourth-order valence-electron chi connectivity index (χ4n) is 1.93. The van der Waals surface area contributed by atoms with Crippen molar-refractivity contribution in [1.29, 1.82) is 0 Å². The zero-order valence-corrected chi connectivity index (χ0v) is 12.5. The highest BCUT2D eigenvalue weighted by atomic mass is 19.1. The first-order chi connectivity index (χ1) is 10.5. The molecule has 0 saturated heterocycles. The minimum Gasteiger partial charge on any atom is -0.491 e. The average Bonchev–Trinajstić information content (AvgIpc) is 2.52. The van der Waals surface area contributed by atoms with Crippen LogP contribution >= 0.6 is 0 Å². The lowest BCUT2D eigenvalue weighted by molar-refractivity contribution is 0.0826. The first-order valence-electron chi connectivity index (χ1n) is 6.85. The Morgan fingerprint density at radius 1 is 1.23 bits per heavy atom. The molecule has 116 valence electrons. The molecule has 2 aromatic carbocycles. The lowest BCUT2D eigenvalue weighted by Gasteiger charge is -2.14. The molecule has 0 radical (unpaired) electrons. The lowest BCUT2D eigenvalue weighted by atomic mass is 10.1. The van der Waals surface area contributed by atoms with Crippen LogP contribution in [0, 0.1) is 5.82 Å². The molecule has 0 bridgehead atoms. The average molecular weight is 303 g/mol. The van der Waals surface area contributed by atoms with Gasteiger partial charge in [0.15, 0.2) is 0 Å². The third-order valence-electron chi connectivity index (χ3n) is 3.15. The van der Waals surface area contributed by atoms with Gasteiger partial charge in [0, 0.05) is 19.7 Å². The van der Waals surface area contributed by atoms with Crippen molar-refractivity contribution in [3.8, 4) is 5.75 Å². The van der Waals surface area contributed by atoms with E-state index in [1.807, 2.05) is 0 Å². The van der Waals surface area contributed by atoms with Crippen LogP contribution in [0.3, 0.4) is 0 Å². The molecule has 5 heteroatoms. The number of ether oxygens (including phenoxy) is 1. The highest BCUT2D eigenvalue weighted by molar-refractivity contribution is 5.94. The van der Waals surface area contributed by atoms with Crippen molar-refractivity contribution in [2.75, 3.05) is 20.7 Å². The summed E-state index contributed by atoms with van der Waals surface area (Å²) in [6.45, 7) is 0.0191. The second-order valence-electron chi connectivity index (χ2n) is 5.11. The van der Waals surface area contributed by atoms with Gasteiger partial charge in [0.05, 0.1) is 0 Å². The number of carbonyl (C=O) groups excluding carboxylic acids is 1. The molecular formula is C17H18FNO3. The normalized spacial score (nSPS) is 11.8. The van der Waals surface area contributed by atoms with E-state index in [2.05, 4.69) is 0 Å². The van der Waals surface area contributed by atoms with E-state index in [-0.39, 0.29) is 18.3 Å². The number of amides is 1. The minimum atomic E-state index is -0.867. The van der Waals surface area contributed by atoms with Gasteiger partial charge in [0.2, 0.25) is 0 Å². The van der Waals surface area contributed by atoms with Gasteiger partial charge in [0.1, 0.15) is 24.3 Å². The monoisotopic (exact) mass is 303 g/mol. The molecule has 1 unspecified atom stereocenters. The van der Waals surface area contributed by atoms with E-state index in [4.69, 9.17) is 4.74 Å². The van der Waals surface area contributed by atoms with Crippen molar-refractivity contribution in [3.63, 3.8) is 0 Å². The van der Waals surface area contributed by atoms with Gasteiger partial charge in [-0.05, 0) is 35.9 Å². The van der Waals surface area contributed by atoms with Crippen molar-refractivity contribution in [2.24, 2.45) is 0 Å². The number of rotatable bonds is 5. The highest BCUT2D eigenvalue weighted by Gasteiger charge is 2.11. The van der Waals surface area contributed by atoms with E-state index in [1.165, 1.54) is 29.2 Å². The second kappa shape index (κ2) is 7.04. The maximum atomic E-state index is 12.8. The Labute approximate surface area is 128 Å². The molecule has 0 aliphatic rings. The molecule has 0 aromatic heterocycles. The van der Waals surface area contributed by atoms with E-state index in [1.54, 1.807) is 38.4 Å². The second-order valence-corrected chi connectivity index (χ2v) is 5.11. The zero-order valence-electron chi connectivity index (χ0n) is 12.5. The van der Waals surface area contributed by atoms with Gasteiger partial charge in [-0.1, -0.05) is 18.2 Å². The fourth-order valence-corrected chi connectivity index (χ4v) is 1.93. The summed E-state index contributed by atoms with van der Waals surface area (Å²) in [5.41, 5.74) is 1.08. The minimum absolute atomic E-state index is 0.0191. The van der Waals surface area contributed by atoms with Gasteiger partial charge in [-0.2, -0.15) is 0 Å². The number of nitrogens with zero attached hydrogens (tertiary/aromatic N) is 1. The molecule has 1 amide bonds. The van der Waals surface area contributed by atoms with Crippen molar-refractivity contribution in [1.82, 2.24) is 4.90 Å². The standard InChI is InChI=1S/C17H18FNO3/c1-19(2)17(21)13-4-3-5-15(10-13)22-11-16(20)12-6-8-14(18)9-7-12/h3-10,16,20H,11H2,1-2H3. The summed E-state index contributed by atoms with van der Waals surface area (Å²) in [5.74, 6) is 0.0187. The number of hydrogen-bond donors (Lipinski definition) is 1. The topological polar surface area (TPSA) is 49.8 Å². The first kappa shape index (κ1) is 16.0. The Balaban J connectivity index is 2.01. The summed E-state index contributed by atoms with van der Waals surface area (Å²) in [7, 11) is 3.35. The molecule has 0 fully saturated rings. The van der Waals surface area contributed by atoms with Crippen LogP contribution in [0.2, 0.25) is 0 Å². The van der Waals surface area contributed by atoms with Gasteiger partial charge in [-0.3, -0.25) is 4.79 Å². The predicted molar refractivity (Wildman–Crippen MR) is 81.3 cm³/mol. The number of hydrogen-bond acceptors (Lipinski definition) is 3. The summed E-state index contributed by atoms with van der Waals surface area (Å²) < 4.78 is 18.3. The summed E-state index contributed by atoms with van der Waals surface area (Å²) in [6, 6.07) is 12.3. The first-order valence-corrected chi connectivity index (χ1v) is 6.85. The maximum Gasteiger partial charge on any atom is 0.253 e. The van der Waals surface area contributed by atoms with Gasteiger partial charge in [-0.25, -0.2) is 4.39 Å². The van der Waals surface area contributed by atoms with Crippen LogP contribution in [0.1, 0.15) is 22.0 Å². The quantitative estimate of drug-likeness (QED) is 0.924. The van der Waals surface area contributed by atoms with Crippen LogP contribution in [0.25, 0.3) is 0 Å². The van der Waals surface area contributed by atoms with E-state index < -0.39 is 6.10 Å². The molecule has 2 aromatic rings. The van der Waals surface area contributed by atoms with Gasteiger partial charge >= 0.3 is 0 Å². The Morgan fingerprint density at radius 3 is 2.55 bits per heavy atom. The maximum absolute atomic E-state index is 12.8. The molecule has 1 N–H and O–H groups in total. The van der Waals surface area contributed by atoms with Crippen LogP contribution in [0.4, 0.5) is 4.39 Å². The number of carbonyl (C=O) groups is 1. The van der Waals surface area contributed by atoms with Crippen LogP contribution < -0.4 is 4.74 Å². The molecule has 0 saturated carbocycles. The molecule has 0 heterocycles. The molecule has 1 atom stereocenters. The Morgan fingerprint density at radius 2 is 1.91 bits per heavy atom. The molecule has 22 heavy (non-hydrogen) atoms. The third kappa shape index (κ3) is 4.05. The van der Waals surface area contributed by atoms with E-state index in [0.29, 0.717) is 16.9 Å².